The van der Waals surface area contributed by atoms with Crippen LogP contribution in [0.2, 0.25) is 5.02 Å². The van der Waals surface area contributed by atoms with Gasteiger partial charge in [-0.3, -0.25) is 19.5 Å². The number of guanidine groups is 1. The van der Waals surface area contributed by atoms with E-state index in [9.17, 15) is 22.8 Å². The quantitative estimate of drug-likeness (QED) is 0.577. The lowest BCUT2D eigenvalue weighted by Crippen LogP contribution is -2.52. The highest BCUT2D eigenvalue weighted by Crippen LogP contribution is 2.52. The molecule has 3 aliphatic rings. The summed E-state index contributed by atoms with van der Waals surface area (Å²) in [6.07, 6.45) is -3.51. The summed E-state index contributed by atoms with van der Waals surface area (Å²) >= 11 is 6.19. The Morgan fingerprint density at radius 3 is 2.68 bits per heavy atom. The molecule has 12 heteroatoms. The lowest BCUT2D eigenvalue weighted by Gasteiger charge is -2.38. The van der Waals surface area contributed by atoms with Gasteiger partial charge in [0.05, 0.1) is 29.1 Å². The van der Waals surface area contributed by atoms with Crippen LogP contribution in [0.3, 0.4) is 0 Å². The summed E-state index contributed by atoms with van der Waals surface area (Å²) < 4.78 is 45.7. The number of alkyl halides is 3. The maximum atomic E-state index is 13.5. The number of carbonyl (C=O) groups excluding carboxylic acids is 2. The van der Waals surface area contributed by atoms with E-state index in [1.807, 2.05) is 0 Å². The first-order valence-corrected chi connectivity index (χ1v) is 12.6. The van der Waals surface area contributed by atoms with Crippen LogP contribution in [0, 0.1) is 11.8 Å². The molecule has 5 rings (SSSR count). The molecule has 2 aliphatic heterocycles. The fourth-order valence-corrected chi connectivity index (χ4v) is 5.54. The fourth-order valence-electron chi connectivity index (χ4n) is 5.36. The van der Waals surface area contributed by atoms with Gasteiger partial charge in [-0.2, -0.15) is 13.2 Å². The molecule has 8 nitrogen and oxygen atoms in total. The van der Waals surface area contributed by atoms with Crippen molar-refractivity contribution in [1.29, 1.82) is 0 Å². The number of nitrogens with zero attached hydrogens (tertiary/aromatic N) is 3. The zero-order valence-electron chi connectivity index (χ0n) is 20.7. The van der Waals surface area contributed by atoms with Crippen LogP contribution in [0.1, 0.15) is 56.3 Å². The van der Waals surface area contributed by atoms with Crippen LogP contribution in [-0.4, -0.2) is 45.5 Å². The van der Waals surface area contributed by atoms with E-state index < -0.39 is 48.1 Å². The predicted octanol–water partition coefficient (Wildman–Crippen LogP) is 4.31. The molecule has 1 fully saturated rings. The summed E-state index contributed by atoms with van der Waals surface area (Å²) in [5.74, 6) is -1.44. The molecule has 2 amide bonds. The molecule has 1 saturated carbocycles. The highest BCUT2D eigenvalue weighted by molar-refractivity contribution is 6.30. The largest absolute Gasteiger partial charge is 0.480 e. The second-order valence-electron chi connectivity index (χ2n) is 10.6. The maximum absolute atomic E-state index is 13.5. The number of aromatic nitrogens is 1. The molecule has 38 heavy (non-hydrogen) atoms. The number of amides is 2. The second kappa shape index (κ2) is 9.44. The van der Waals surface area contributed by atoms with E-state index in [0.717, 1.165) is 0 Å². The van der Waals surface area contributed by atoms with Crippen molar-refractivity contribution in [2.75, 3.05) is 0 Å². The molecule has 5 unspecified atom stereocenters. The third-order valence-electron chi connectivity index (χ3n) is 7.14. The minimum absolute atomic E-state index is 0.0358. The van der Waals surface area contributed by atoms with Crippen LogP contribution in [0.25, 0.3) is 0 Å². The highest BCUT2D eigenvalue weighted by atomic mass is 35.5. The van der Waals surface area contributed by atoms with Crippen LogP contribution in [0.15, 0.2) is 47.7 Å². The summed E-state index contributed by atoms with van der Waals surface area (Å²) in [6.45, 7) is 3.61. The van der Waals surface area contributed by atoms with Crippen molar-refractivity contribution in [3.05, 3.63) is 58.9 Å². The molecule has 5 atom stereocenters. The summed E-state index contributed by atoms with van der Waals surface area (Å²) in [5.41, 5.74) is 6.66. The molecule has 1 aliphatic carbocycles. The van der Waals surface area contributed by atoms with Crippen molar-refractivity contribution in [3.8, 4) is 5.75 Å². The Morgan fingerprint density at radius 2 is 2.00 bits per heavy atom. The van der Waals surface area contributed by atoms with Gasteiger partial charge in [-0.1, -0.05) is 29.8 Å². The minimum Gasteiger partial charge on any atom is -0.480 e. The molecule has 3 heterocycles. The number of carbonyl (C=O) groups is 2. The Hall–Kier alpha value is -3.34. The Kier molecular flexibility index (Phi) is 6.53. The van der Waals surface area contributed by atoms with Crippen molar-refractivity contribution >= 4 is 29.4 Å². The van der Waals surface area contributed by atoms with Gasteiger partial charge < -0.3 is 15.8 Å². The number of nitrogens with one attached hydrogen (secondary N) is 1. The Bertz CT molecular complexity index is 1300. The lowest BCUT2D eigenvalue weighted by atomic mass is 9.94. The van der Waals surface area contributed by atoms with E-state index in [0.29, 0.717) is 22.6 Å². The number of hydrogen-bond donors (Lipinski definition) is 2. The molecule has 1 aromatic heterocycles. The van der Waals surface area contributed by atoms with E-state index in [1.165, 1.54) is 17.2 Å². The lowest BCUT2D eigenvalue weighted by molar-refractivity contribution is -0.201. The monoisotopic (exact) mass is 549 g/mol. The molecule has 3 N–H and O–H groups in total. The number of aliphatic imine (C=N–C) groups is 1. The second-order valence-corrected chi connectivity index (χ2v) is 11.0. The van der Waals surface area contributed by atoms with Gasteiger partial charge in [-0.05, 0) is 43.9 Å². The normalized spacial score (nSPS) is 27.1. The van der Waals surface area contributed by atoms with Crippen molar-refractivity contribution in [2.24, 2.45) is 22.6 Å². The topological polar surface area (TPSA) is 110 Å². The summed E-state index contributed by atoms with van der Waals surface area (Å²) in [4.78, 5) is 36.6. The van der Waals surface area contributed by atoms with Gasteiger partial charge in [-0.25, -0.2) is 4.99 Å². The summed E-state index contributed by atoms with van der Waals surface area (Å²) in [5, 5.41) is 3.15. The third kappa shape index (κ3) is 5.16. The van der Waals surface area contributed by atoms with Gasteiger partial charge in [0.2, 0.25) is 11.8 Å². The van der Waals surface area contributed by atoms with Crippen molar-refractivity contribution in [1.82, 2.24) is 15.2 Å². The molecule has 0 radical (unpaired) electrons. The van der Waals surface area contributed by atoms with E-state index >= 15 is 0 Å². The average Bonchev–Trinajstić information content (AvgIpc) is 3.60. The van der Waals surface area contributed by atoms with Crippen molar-refractivity contribution < 1.29 is 27.5 Å². The first-order valence-electron chi connectivity index (χ1n) is 12.2. The van der Waals surface area contributed by atoms with E-state index in [1.54, 1.807) is 44.3 Å². The molecule has 202 valence electrons. The van der Waals surface area contributed by atoms with Gasteiger partial charge in [0.15, 0.2) is 12.1 Å². The molecule has 0 spiro atoms. The number of para-hydroxylation sites is 1. The summed E-state index contributed by atoms with van der Waals surface area (Å²) in [7, 11) is 0. The molecule has 0 saturated heterocycles. The Balaban J connectivity index is 1.40. The number of rotatable bonds is 5. The molecular weight excluding hydrogens is 523 g/mol. The van der Waals surface area contributed by atoms with Gasteiger partial charge in [-0.15, -0.1) is 0 Å². The zero-order chi connectivity index (χ0) is 27.4. The van der Waals surface area contributed by atoms with Gasteiger partial charge >= 0.3 is 6.18 Å². The van der Waals surface area contributed by atoms with Gasteiger partial charge in [0.25, 0.3) is 0 Å². The zero-order valence-corrected chi connectivity index (χ0v) is 21.5. The van der Waals surface area contributed by atoms with Crippen LogP contribution >= 0.6 is 11.6 Å². The van der Waals surface area contributed by atoms with Crippen molar-refractivity contribution in [3.63, 3.8) is 0 Å². The SMILES string of the molecule is CC1(C)CC(=O)N(C(c2cncc(Cl)c2)C2CC2C(=O)NC2CC(C(F)(F)F)Oc3ccccc32)C(N)=N1. The van der Waals surface area contributed by atoms with Crippen LogP contribution in [0.5, 0.6) is 5.75 Å². The number of hydrogen-bond acceptors (Lipinski definition) is 6. The highest BCUT2D eigenvalue weighted by Gasteiger charge is 2.54. The Labute approximate surface area is 222 Å². The average molecular weight is 550 g/mol. The molecular formula is C26H27ClF3N5O3. The number of fused-ring (bicyclic) bond motifs is 1. The number of benzene rings is 1. The maximum Gasteiger partial charge on any atom is 0.425 e. The van der Waals surface area contributed by atoms with E-state index in [-0.39, 0.29) is 30.0 Å². The molecule has 2 aromatic rings. The first kappa shape index (κ1) is 26.3. The van der Waals surface area contributed by atoms with Gasteiger partial charge in [0.1, 0.15) is 5.75 Å². The minimum atomic E-state index is -4.58. The third-order valence-corrected chi connectivity index (χ3v) is 7.35. The predicted molar refractivity (Wildman–Crippen MR) is 133 cm³/mol. The van der Waals surface area contributed by atoms with Crippen LogP contribution in [0.4, 0.5) is 13.2 Å². The number of pyridine rings is 1. The summed E-state index contributed by atoms with van der Waals surface area (Å²) in [6, 6.07) is 6.49. The number of nitrogens with two attached hydrogens (primary N) is 1. The van der Waals surface area contributed by atoms with E-state index in [2.05, 4.69) is 15.3 Å². The molecule has 1 aromatic carbocycles. The van der Waals surface area contributed by atoms with Crippen molar-refractivity contribution in [2.45, 2.75) is 63.0 Å². The van der Waals surface area contributed by atoms with Gasteiger partial charge in [0, 0.05) is 30.3 Å². The van der Waals surface area contributed by atoms with Crippen LogP contribution < -0.4 is 15.8 Å². The Morgan fingerprint density at radius 1 is 1.26 bits per heavy atom. The molecule has 0 bridgehead atoms. The smallest absolute Gasteiger partial charge is 0.425 e. The number of halogens is 4. The standard InChI is InChI=1S/C26H27ClF3N5O3/c1-25(2)10-21(36)35(24(31)34-25)22(13-7-14(27)12-32-11-13)16-8-17(16)23(37)33-18-9-20(26(28,29)30)38-19-6-4-3-5-15(18)19/h3-7,11-12,16-18,20,22H,8-10H2,1-2H3,(H2,31,34)(H,33,37). The first-order chi connectivity index (χ1) is 17.8. The van der Waals surface area contributed by atoms with Crippen LogP contribution in [-0.2, 0) is 9.59 Å². The fraction of sp³-hybridized carbons (Fsp3) is 0.462. The number of ether oxygens (including phenoxy) is 1. The van der Waals surface area contributed by atoms with E-state index in [4.69, 9.17) is 22.1 Å².